The molecule has 114 valence electrons. The molecule has 0 radical (unpaired) electrons. The standard InChI is InChI=1S/C16H22N2O3/c1-12(18-19)14-7-6-13(20-4)10-15(14)21-9-5-8-16(2,3)11-17/h6-7,10,19H,5,8-9H2,1-4H3/b18-12+. The summed E-state index contributed by atoms with van der Waals surface area (Å²) >= 11 is 0. The Bertz CT molecular complexity index is 545. The summed E-state index contributed by atoms with van der Waals surface area (Å²) in [6, 6.07) is 7.61. The molecular formula is C16H22N2O3. The van der Waals surface area contributed by atoms with Crippen LogP contribution in [0, 0.1) is 16.7 Å². The van der Waals surface area contributed by atoms with Gasteiger partial charge in [0.1, 0.15) is 11.5 Å². The van der Waals surface area contributed by atoms with Crippen molar-refractivity contribution in [3.8, 4) is 17.6 Å². The van der Waals surface area contributed by atoms with E-state index >= 15 is 0 Å². The van der Waals surface area contributed by atoms with Gasteiger partial charge in [-0.05, 0) is 45.7 Å². The minimum atomic E-state index is -0.344. The Morgan fingerprint density at radius 3 is 2.71 bits per heavy atom. The quantitative estimate of drug-likeness (QED) is 0.360. The lowest BCUT2D eigenvalue weighted by atomic mass is 9.90. The van der Waals surface area contributed by atoms with Crippen LogP contribution in [-0.4, -0.2) is 24.6 Å². The predicted molar refractivity (Wildman–Crippen MR) is 81.1 cm³/mol. The second-order valence-corrected chi connectivity index (χ2v) is 5.50. The van der Waals surface area contributed by atoms with Gasteiger partial charge in [-0.2, -0.15) is 5.26 Å². The summed E-state index contributed by atoms with van der Waals surface area (Å²) in [7, 11) is 1.58. The molecule has 5 nitrogen and oxygen atoms in total. The number of hydrogen-bond acceptors (Lipinski definition) is 5. The average molecular weight is 290 g/mol. The molecule has 0 saturated carbocycles. The highest BCUT2D eigenvalue weighted by Gasteiger charge is 2.16. The van der Waals surface area contributed by atoms with Gasteiger partial charge >= 0.3 is 0 Å². The highest BCUT2D eigenvalue weighted by atomic mass is 16.5. The smallest absolute Gasteiger partial charge is 0.132 e. The number of ether oxygens (including phenoxy) is 2. The van der Waals surface area contributed by atoms with Crippen LogP contribution in [0.25, 0.3) is 0 Å². The summed E-state index contributed by atoms with van der Waals surface area (Å²) in [6.07, 6.45) is 1.53. The highest BCUT2D eigenvalue weighted by Crippen LogP contribution is 2.26. The van der Waals surface area contributed by atoms with E-state index in [1.54, 1.807) is 32.2 Å². The van der Waals surface area contributed by atoms with Crippen molar-refractivity contribution in [2.45, 2.75) is 33.6 Å². The van der Waals surface area contributed by atoms with Gasteiger partial charge in [0.2, 0.25) is 0 Å². The van der Waals surface area contributed by atoms with Crippen molar-refractivity contribution < 1.29 is 14.7 Å². The van der Waals surface area contributed by atoms with E-state index in [0.717, 1.165) is 18.4 Å². The maximum atomic E-state index is 8.98. The third-order valence-electron chi connectivity index (χ3n) is 3.23. The first-order chi connectivity index (χ1) is 9.93. The van der Waals surface area contributed by atoms with Crippen LogP contribution < -0.4 is 9.47 Å². The van der Waals surface area contributed by atoms with Crippen molar-refractivity contribution in [2.75, 3.05) is 13.7 Å². The Kier molecular flexibility index (Phi) is 6.04. The number of hydrogen-bond donors (Lipinski definition) is 1. The lowest BCUT2D eigenvalue weighted by Gasteiger charge is -2.16. The molecule has 0 bridgehead atoms. The molecule has 21 heavy (non-hydrogen) atoms. The van der Waals surface area contributed by atoms with Gasteiger partial charge in [-0.25, -0.2) is 0 Å². The fraction of sp³-hybridized carbons (Fsp3) is 0.500. The highest BCUT2D eigenvalue weighted by molar-refractivity contribution is 6.00. The summed E-state index contributed by atoms with van der Waals surface area (Å²) in [5, 5.41) is 21.1. The molecule has 0 fully saturated rings. The van der Waals surface area contributed by atoms with Crippen LogP contribution in [0.3, 0.4) is 0 Å². The van der Waals surface area contributed by atoms with Crippen molar-refractivity contribution in [1.29, 1.82) is 5.26 Å². The van der Waals surface area contributed by atoms with E-state index < -0.39 is 0 Å². The van der Waals surface area contributed by atoms with Crippen LogP contribution in [0.2, 0.25) is 0 Å². The predicted octanol–water partition coefficient (Wildman–Crippen LogP) is 3.60. The van der Waals surface area contributed by atoms with E-state index in [0.29, 0.717) is 23.8 Å². The third-order valence-corrected chi connectivity index (χ3v) is 3.23. The number of rotatable bonds is 7. The van der Waals surface area contributed by atoms with E-state index in [-0.39, 0.29) is 5.41 Å². The SMILES string of the molecule is COc1ccc(/C(C)=N/O)c(OCCCC(C)(C)C#N)c1. The molecule has 5 heteroatoms. The summed E-state index contributed by atoms with van der Waals surface area (Å²) in [5.41, 5.74) is 0.853. The maximum absolute atomic E-state index is 8.98. The Morgan fingerprint density at radius 2 is 2.14 bits per heavy atom. The zero-order chi connectivity index (χ0) is 15.9. The number of nitrogens with zero attached hydrogens (tertiary/aromatic N) is 2. The second-order valence-electron chi connectivity index (χ2n) is 5.50. The van der Waals surface area contributed by atoms with E-state index in [9.17, 15) is 0 Å². The fourth-order valence-electron chi connectivity index (χ4n) is 1.85. The van der Waals surface area contributed by atoms with Crippen molar-refractivity contribution in [3.05, 3.63) is 23.8 Å². The molecule has 0 atom stereocenters. The minimum Gasteiger partial charge on any atom is -0.497 e. The Labute approximate surface area is 125 Å². The molecule has 0 amide bonds. The summed E-state index contributed by atoms with van der Waals surface area (Å²) in [4.78, 5) is 0. The van der Waals surface area contributed by atoms with Gasteiger partial charge in [0.15, 0.2) is 0 Å². The van der Waals surface area contributed by atoms with E-state index in [1.807, 2.05) is 13.8 Å². The molecule has 1 aromatic rings. The maximum Gasteiger partial charge on any atom is 0.132 e. The molecule has 0 saturated heterocycles. The van der Waals surface area contributed by atoms with Crippen LogP contribution >= 0.6 is 0 Å². The molecule has 1 rings (SSSR count). The molecule has 1 N–H and O–H groups in total. The Morgan fingerprint density at radius 1 is 1.43 bits per heavy atom. The van der Waals surface area contributed by atoms with E-state index in [2.05, 4.69) is 11.2 Å². The first kappa shape index (κ1) is 16.8. The number of oxime groups is 1. The van der Waals surface area contributed by atoms with Gasteiger partial charge in [-0.15, -0.1) is 0 Å². The normalized spacial score (nSPS) is 11.9. The van der Waals surface area contributed by atoms with Crippen LogP contribution in [0.5, 0.6) is 11.5 Å². The molecule has 0 heterocycles. The zero-order valence-corrected chi connectivity index (χ0v) is 13.0. The Hall–Kier alpha value is -2.22. The van der Waals surface area contributed by atoms with Gasteiger partial charge in [0.05, 0.1) is 30.9 Å². The van der Waals surface area contributed by atoms with Gasteiger partial charge in [0, 0.05) is 11.6 Å². The van der Waals surface area contributed by atoms with Crippen molar-refractivity contribution >= 4 is 5.71 Å². The molecule has 0 aliphatic rings. The van der Waals surface area contributed by atoms with Gasteiger partial charge < -0.3 is 14.7 Å². The van der Waals surface area contributed by atoms with Crippen molar-refractivity contribution in [1.82, 2.24) is 0 Å². The monoisotopic (exact) mass is 290 g/mol. The molecule has 0 unspecified atom stereocenters. The molecule has 0 aliphatic carbocycles. The Balaban J connectivity index is 2.75. The van der Waals surface area contributed by atoms with E-state index in [1.165, 1.54) is 0 Å². The minimum absolute atomic E-state index is 0.344. The van der Waals surface area contributed by atoms with Gasteiger partial charge in [-0.3, -0.25) is 0 Å². The van der Waals surface area contributed by atoms with Gasteiger partial charge in [-0.1, -0.05) is 5.16 Å². The molecule has 0 aromatic heterocycles. The summed E-state index contributed by atoms with van der Waals surface area (Å²) < 4.78 is 10.9. The van der Waals surface area contributed by atoms with Crippen LogP contribution in [0.15, 0.2) is 23.4 Å². The van der Waals surface area contributed by atoms with Crippen LogP contribution in [-0.2, 0) is 0 Å². The lowest BCUT2D eigenvalue weighted by molar-refractivity contribution is 0.281. The van der Waals surface area contributed by atoms with E-state index in [4.69, 9.17) is 19.9 Å². The zero-order valence-electron chi connectivity index (χ0n) is 13.0. The summed E-state index contributed by atoms with van der Waals surface area (Å²) in [5.74, 6) is 1.29. The van der Waals surface area contributed by atoms with Crippen LogP contribution in [0.4, 0.5) is 0 Å². The van der Waals surface area contributed by atoms with Crippen molar-refractivity contribution in [2.24, 2.45) is 10.6 Å². The second kappa shape index (κ2) is 7.53. The number of benzene rings is 1. The average Bonchev–Trinajstić information content (AvgIpc) is 2.50. The fourth-order valence-corrected chi connectivity index (χ4v) is 1.85. The number of methoxy groups -OCH3 is 1. The van der Waals surface area contributed by atoms with Crippen molar-refractivity contribution in [3.63, 3.8) is 0 Å². The topological polar surface area (TPSA) is 74.8 Å². The molecule has 0 aliphatic heterocycles. The van der Waals surface area contributed by atoms with Gasteiger partial charge in [0.25, 0.3) is 0 Å². The first-order valence-electron chi connectivity index (χ1n) is 6.84. The third kappa shape index (κ3) is 4.99. The number of nitriles is 1. The lowest BCUT2D eigenvalue weighted by Crippen LogP contribution is -2.11. The molecule has 1 aromatic carbocycles. The molecule has 0 spiro atoms. The van der Waals surface area contributed by atoms with Crippen LogP contribution in [0.1, 0.15) is 39.2 Å². The molecular weight excluding hydrogens is 268 g/mol. The first-order valence-corrected chi connectivity index (χ1v) is 6.84. The largest absolute Gasteiger partial charge is 0.497 e. The summed E-state index contributed by atoms with van der Waals surface area (Å²) in [6.45, 7) is 6.01.